The van der Waals surface area contributed by atoms with Crippen LogP contribution in [0.15, 0.2) is 24.5 Å². The molecule has 0 aromatic carbocycles. The zero-order chi connectivity index (χ0) is 13.0. The van der Waals surface area contributed by atoms with Crippen molar-refractivity contribution in [1.82, 2.24) is 9.88 Å². The molecule has 0 amide bonds. The predicted octanol–water partition coefficient (Wildman–Crippen LogP) is 1.30. The Bertz CT molecular complexity index is 392. The molecular weight excluding hydrogens is 228 g/mol. The summed E-state index contributed by atoms with van der Waals surface area (Å²) >= 11 is 0. The Hall–Kier alpha value is -1.26. The maximum Gasteiger partial charge on any atom is 0.167 e. The summed E-state index contributed by atoms with van der Waals surface area (Å²) < 4.78 is 5.59. The molecule has 1 unspecified atom stereocenters. The number of hydrogen-bond acceptors (Lipinski definition) is 4. The fraction of sp³-hybridized carbons (Fsp3) is 0.571. The molecule has 2 rings (SSSR count). The van der Waals surface area contributed by atoms with Crippen LogP contribution in [0.1, 0.15) is 19.4 Å². The number of carbonyl (C=O) groups excluding carboxylic acids is 1. The highest BCUT2D eigenvalue weighted by molar-refractivity contribution is 5.85. The molecule has 98 valence electrons. The smallest absolute Gasteiger partial charge is 0.167 e. The van der Waals surface area contributed by atoms with E-state index >= 15 is 0 Å². The zero-order valence-corrected chi connectivity index (χ0v) is 11.0. The molecule has 0 saturated carbocycles. The minimum Gasteiger partial charge on any atom is -0.368 e. The fourth-order valence-corrected chi connectivity index (χ4v) is 2.15. The summed E-state index contributed by atoms with van der Waals surface area (Å²) in [6.45, 7) is 6.56. The predicted molar refractivity (Wildman–Crippen MR) is 69.4 cm³/mol. The van der Waals surface area contributed by atoms with Crippen molar-refractivity contribution in [3.63, 3.8) is 0 Å². The van der Waals surface area contributed by atoms with Gasteiger partial charge in [-0.2, -0.15) is 0 Å². The van der Waals surface area contributed by atoms with Gasteiger partial charge in [-0.15, -0.1) is 0 Å². The zero-order valence-electron chi connectivity index (χ0n) is 11.0. The molecule has 1 aliphatic rings. The molecule has 0 bridgehead atoms. The van der Waals surface area contributed by atoms with Crippen LogP contribution >= 0.6 is 0 Å². The molecule has 1 atom stereocenters. The Balaban J connectivity index is 1.93. The number of ether oxygens (including phenoxy) is 1. The van der Waals surface area contributed by atoms with Crippen molar-refractivity contribution in [3.05, 3.63) is 30.1 Å². The SMILES string of the molecule is CC(C)N1CCOC(C(=O)Cc2ccncc2)C1. The van der Waals surface area contributed by atoms with Gasteiger partial charge in [-0.05, 0) is 31.5 Å². The molecule has 1 saturated heterocycles. The highest BCUT2D eigenvalue weighted by Gasteiger charge is 2.27. The molecule has 4 heteroatoms. The van der Waals surface area contributed by atoms with Crippen LogP contribution in [0.5, 0.6) is 0 Å². The van der Waals surface area contributed by atoms with Gasteiger partial charge in [0.05, 0.1) is 6.61 Å². The number of morpholine rings is 1. The van der Waals surface area contributed by atoms with Crippen LogP contribution < -0.4 is 0 Å². The second kappa shape index (κ2) is 6.07. The maximum atomic E-state index is 12.2. The van der Waals surface area contributed by atoms with Crippen LogP contribution in [0, 0.1) is 0 Å². The highest BCUT2D eigenvalue weighted by Crippen LogP contribution is 2.11. The van der Waals surface area contributed by atoms with E-state index in [-0.39, 0.29) is 11.9 Å². The van der Waals surface area contributed by atoms with Crippen LogP contribution in [0.4, 0.5) is 0 Å². The number of aromatic nitrogens is 1. The maximum absolute atomic E-state index is 12.2. The van der Waals surface area contributed by atoms with Crippen molar-refractivity contribution in [1.29, 1.82) is 0 Å². The summed E-state index contributed by atoms with van der Waals surface area (Å²) in [7, 11) is 0. The van der Waals surface area contributed by atoms with E-state index in [9.17, 15) is 4.79 Å². The van der Waals surface area contributed by atoms with Crippen molar-refractivity contribution >= 4 is 5.78 Å². The number of Topliss-reactive ketones (excluding diaryl/α,β-unsaturated/α-hetero) is 1. The first-order valence-electron chi connectivity index (χ1n) is 6.44. The number of rotatable bonds is 4. The van der Waals surface area contributed by atoms with Gasteiger partial charge in [0, 0.05) is 37.9 Å². The van der Waals surface area contributed by atoms with Gasteiger partial charge in [0.1, 0.15) is 6.10 Å². The first kappa shape index (κ1) is 13.2. The van der Waals surface area contributed by atoms with Crippen molar-refractivity contribution in [2.24, 2.45) is 0 Å². The molecule has 2 heterocycles. The summed E-state index contributed by atoms with van der Waals surface area (Å²) in [6, 6.07) is 4.21. The van der Waals surface area contributed by atoms with Gasteiger partial charge in [0.2, 0.25) is 0 Å². The molecular formula is C14H20N2O2. The van der Waals surface area contributed by atoms with Crippen LogP contribution in [-0.4, -0.2) is 47.5 Å². The number of carbonyl (C=O) groups is 1. The topological polar surface area (TPSA) is 42.4 Å². The summed E-state index contributed by atoms with van der Waals surface area (Å²) in [5.41, 5.74) is 1.00. The van der Waals surface area contributed by atoms with E-state index in [1.165, 1.54) is 0 Å². The van der Waals surface area contributed by atoms with Crippen LogP contribution in [0.25, 0.3) is 0 Å². The summed E-state index contributed by atoms with van der Waals surface area (Å²) in [6.07, 6.45) is 3.57. The van der Waals surface area contributed by atoms with Crippen LogP contribution in [-0.2, 0) is 16.0 Å². The fourth-order valence-electron chi connectivity index (χ4n) is 2.15. The molecule has 0 N–H and O–H groups in total. The van der Waals surface area contributed by atoms with Crippen LogP contribution in [0.2, 0.25) is 0 Å². The molecule has 0 spiro atoms. The third kappa shape index (κ3) is 3.37. The molecule has 1 aliphatic heterocycles. The van der Waals surface area contributed by atoms with E-state index in [1.807, 2.05) is 12.1 Å². The second-order valence-electron chi connectivity index (χ2n) is 4.95. The van der Waals surface area contributed by atoms with E-state index in [0.29, 0.717) is 25.6 Å². The van der Waals surface area contributed by atoms with Crippen molar-refractivity contribution in [3.8, 4) is 0 Å². The minimum atomic E-state index is -0.283. The van der Waals surface area contributed by atoms with E-state index in [4.69, 9.17) is 4.74 Å². The lowest BCUT2D eigenvalue weighted by molar-refractivity contribution is -0.136. The number of pyridine rings is 1. The van der Waals surface area contributed by atoms with E-state index < -0.39 is 0 Å². The Morgan fingerprint density at radius 1 is 1.50 bits per heavy atom. The summed E-state index contributed by atoms with van der Waals surface area (Å²) in [5.74, 6) is 0.159. The van der Waals surface area contributed by atoms with E-state index in [1.54, 1.807) is 12.4 Å². The van der Waals surface area contributed by atoms with Gasteiger partial charge < -0.3 is 4.74 Å². The first-order valence-corrected chi connectivity index (χ1v) is 6.44. The standard InChI is InChI=1S/C14H20N2O2/c1-11(2)16-7-8-18-14(10-16)13(17)9-12-3-5-15-6-4-12/h3-6,11,14H,7-10H2,1-2H3. The van der Waals surface area contributed by atoms with E-state index in [0.717, 1.165) is 12.1 Å². The van der Waals surface area contributed by atoms with Gasteiger partial charge in [0.25, 0.3) is 0 Å². The van der Waals surface area contributed by atoms with Gasteiger partial charge in [0.15, 0.2) is 5.78 Å². The van der Waals surface area contributed by atoms with Gasteiger partial charge in [-0.1, -0.05) is 0 Å². The van der Waals surface area contributed by atoms with Crippen molar-refractivity contribution in [2.45, 2.75) is 32.4 Å². The number of hydrogen-bond donors (Lipinski definition) is 0. The molecule has 0 radical (unpaired) electrons. The van der Waals surface area contributed by atoms with Crippen LogP contribution in [0.3, 0.4) is 0 Å². The lowest BCUT2D eigenvalue weighted by Gasteiger charge is -2.34. The number of ketones is 1. The Morgan fingerprint density at radius 3 is 2.89 bits per heavy atom. The van der Waals surface area contributed by atoms with Gasteiger partial charge in [-0.3, -0.25) is 14.7 Å². The average Bonchev–Trinajstić information content (AvgIpc) is 2.40. The first-order chi connectivity index (χ1) is 8.66. The second-order valence-corrected chi connectivity index (χ2v) is 4.95. The van der Waals surface area contributed by atoms with Crippen molar-refractivity contribution in [2.75, 3.05) is 19.7 Å². The lowest BCUT2D eigenvalue weighted by atomic mass is 10.0. The summed E-state index contributed by atoms with van der Waals surface area (Å²) in [4.78, 5) is 18.4. The average molecular weight is 248 g/mol. The Morgan fingerprint density at radius 2 is 2.22 bits per heavy atom. The quantitative estimate of drug-likeness (QED) is 0.805. The Kier molecular flexibility index (Phi) is 4.44. The number of nitrogens with zero attached hydrogens (tertiary/aromatic N) is 2. The van der Waals surface area contributed by atoms with Gasteiger partial charge >= 0.3 is 0 Å². The minimum absolute atomic E-state index is 0.159. The largest absolute Gasteiger partial charge is 0.368 e. The molecule has 1 aromatic rings. The van der Waals surface area contributed by atoms with Gasteiger partial charge in [-0.25, -0.2) is 0 Å². The molecule has 4 nitrogen and oxygen atoms in total. The Labute approximate surface area is 108 Å². The molecule has 0 aliphatic carbocycles. The molecule has 1 fully saturated rings. The highest BCUT2D eigenvalue weighted by atomic mass is 16.5. The third-order valence-electron chi connectivity index (χ3n) is 3.31. The summed E-state index contributed by atoms with van der Waals surface area (Å²) in [5, 5.41) is 0. The van der Waals surface area contributed by atoms with E-state index in [2.05, 4.69) is 23.7 Å². The lowest BCUT2D eigenvalue weighted by Crippen LogP contribution is -2.49. The monoisotopic (exact) mass is 248 g/mol. The molecule has 18 heavy (non-hydrogen) atoms. The third-order valence-corrected chi connectivity index (χ3v) is 3.31. The molecule has 1 aromatic heterocycles. The normalized spacial score (nSPS) is 21.2. The van der Waals surface area contributed by atoms with Crippen molar-refractivity contribution < 1.29 is 9.53 Å².